The van der Waals surface area contributed by atoms with Crippen molar-refractivity contribution in [1.82, 2.24) is 4.98 Å². The largest absolute Gasteiger partial charge is 0.239 e. The van der Waals surface area contributed by atoms with Crippen LogP contribution in [0.25, 0.3) is 0 Å². The van der Waals surface area contributed by atoms with E-state index >= 15 is 0 Å². The van der Waals surface area contributed by atoms with Crippen molar-refractivity contribution in [1.29, 1.82) is 0 Å². The molecule has 82 valence electrons. The van der Waals surface area contributed by atoms with Crippen molar-refractivity contribution < 1.29 is 0 Å². The van der Waals surface area contributed by atoms with E-state index in [0.717, 1.165) is 12.8 Å². The lowest BCUT2D eigenvalue weighted by Gasteiger charge is -2.22. The van der Waals surface area contributed by atoms with Crippen LogP contribution in [0.4, 0.5) is 0 Å². The van der Waals surface area contributed by atoms with Gasteiger partial charge in [-0.15, -0.1) is 0 Å². The van der Waals surface area contributed by atoms with E-state index in [1.54, 1.807) is 0 Å². The van der Waals surface area contributed by atoms with E-state index in [1.807, 2.05) is 0 Å². The number of rotatable bonds is 1. The fourth-order valence-electron chi connectivity index (χ4n) is 2.32. The van der Waals surface area contributed by atoms with Gasteiger partial charge in [0.2, 0.25) is 0 Å². The molecule has 2 rings (SSSR count). The van der Waals surface area contributed by atoms with Crippen LogP contribution in [-0.4, -0.2) is 4.98 Å². The van der Waals surface area contributed by atoms with E-state index in [4.69, 9.17) is 23.2 Å². The number of halogens is 2. The number of nitrogens with zero attached hydrogens (tertiary/aromatic N) is 1. The van der Waals surface area contributed by atoms with Crippen molar-refractivity contribution in [2.45, 2.75) is 45.4 Å². The second-order valence-electron chi connectivity index (χ2n) is 4.42. The monoisotopic (exact) mass is 243 g/mol. The first-order chi connectivity index (χ1) is 7.11. The van der Waals surface area contributed by atoms with Gasteiger partial charge in [-0.1, -0.05) is 37.0 Å². The Morgan fingerprint density at radius 1 is 1.13 bits per heavy atom. The van der Waals surface area contributed by atoms with Crippen LogP contribution in [-0.2, 0) is 12.8 Å². The van der Waals surface area contributed by atoms with Crippen LogP contribution < -0.4 is 0 Å². The van der Waals surface area contributed by atoms with Gasteiger partial charge in [0.1, 0.15) is 5.15 Å². The molecule has 0 fully saturated rings. The average molecular weight is 244 g/mol. The minimum Gasteiger partial charge on any atom is -0.239 e. The van der Waals surface area contributed by atoms with Crippen LogP contribution in [0.5, 0.6) is 0 Å². The number of pyridine rings is 1. The molecule has 1 aromatic heterocycles. The number of aromatic nitrogens is 1. The maximum atomic E-state index is 6.23. The average Bonchev–Trinajstić information content (AvgIpc) is 2.19. The summed E-state index contributed by atoms with van der Waals surface area (Å²) in [5, 5.41) is 1.13. The molecular formula is C12H15Cl2N. The zero-order chi connectivity index (χ0) is 11.0. The maximum absolute atomic E-state index is 6.23. The molecule has 1 aliphatic rings. The van der Waals surface area contributed by atoms with Gasteiger partial charge in [0, 0.05) is 5.69 Å². The Morgan fingerprint density at radius 3 is 2.47 bits per heavy atom. The van der Waals surface area contributed by atoms with Crippen molar-refractivity contribution in [2.75, 3.05) is 0 Å². The van der Waals surface area contributed by atoms with Gasteiger partial charge in [-0.05, 0) is 42.7 Å². The molecule has 0 atom stereocenters. The molecule has 0 saturated heterocycles. The summed E-state index contributed by atoms with van der Waals surface area (Å²) in [6, 6.07) is 0. The van der Waals surface area contributed by atoms with E-state index in [1.165, 1.54) is 29.7 Å². The zero-order valence-electron chi connectivity index (χ0n) is 9.11. The molecule has 0 bridgehead atoms. The molecule has 0 unspecified atom stereocenters. The Labute approximate surface area is 101 Å². The zero-order valence-corrected chi connectivity index (χ0v) is 10.6. The number of fused-ring (bicyclic) bond motifs is 1. The number of hydrogen-bond donors (Lipinski definition) is 0. The Bertz CT molecular complexity index is 386. The van der Waals surface area contributed by atoms with Gasteiger partial charge in [-0.3, -0.25) is 0 Å². The molecular weight excluding hydrogens is 229 g/mol. The van der Waals surface area contributed by atoms with Crippen LogP contribution in [0.15, 0.2) is 0 Å². The van der Waals surface area contributed by atoms with Gasteiger partial charge in [0.25, 0.3) is 0 Å². The maximum Gasteiger partial charge on any atom is 0.148 e. The standard InChI is InChI=1S/C12H15Cl2N/c1-7(2)10-8-5-3-4-6-9(8)15-12(14)11(10)13/h7H,3-6H2,1-2H3. The third-order valence-corrected chi connectivity index (χ3v) is 3.74. The highest BCUT2D eigenvalue weighted by Crippen LogP contribution is 2.36. The summed E-state index contributed by atoms with van der Waals surface area (Å²) in [5.74, 6) is 0.421. The van der Waals surface area contributed by atoms with Gasteiger partial charge >= 0.3 is 0 Å². The van der Waals surface area contributed by atoms with Crippen LogP contribution in [0, 0.1) is 0 Å². The second kappa shape index (κ2) is 4.31. The fourth-order valence-corrected chi connectivity index (χ4v) is 2.89. The quantitative estimate of drug-likeness (QED) is 0.667. The summed E-state index contributed by atoms with van der Waals surface area (Å²) in [4.78, 5) is 4.39. The van der Waals surface area contributed by atoms with Gasteiger partial charge in [0.05, 0.1) is 5.02 Å². The summed E-state index contributed by atoms with van der Waals surface area (Å²) in [6.45, 7) is 4.32. The van der Waals surface area contributed by atoms with Crippen LogP contribution >= 0.6 is 23.2 Å². The third kappa shape index (κ3) is 2.00. The van der Waals surface area contributed by atoms with Gasteiger partial charge in [-0.2, -0.15) is 0 Å². The fraction of sp³-hybridized carbons (Fsp3) is 0.583. The normalized spacial score (nSPS) is 15.5. The van der Waals surface area contributed by atoms with Crippen molar-refractivity contribution >= 4 is 23.2 Å². The van der Waals surface area contributed by atoms with Gasteiger partial charge in [-0.25, -0.2) is 4.98 Å². The highest BCUT2D eigenvalue weighted by Gasteiger charge is 2.21. The van der Waals surface area contributed by atoms with Crippen molar-refractivity contribution in [3.63, 3.8) is 0 Å². The Morgan fingerprint density at radius 2 is 1.80 bits per heavy atom. The van der Waals surface area contributed by atoms with E-state index in [2.05, 4.69) is 18.8 Å². The predicted octanol–water partition coefficient (Wildman–Crippen LogP) is 4.39. The Kier molecular flexibility index (Phi) is 3.22. The molecule has 1 nitrogen and oxygen atoms in total. The molecule has 0 saturated carbocycles. The van der Waals surface area contributed by atoms with Gasteiger partial charge < -0.3 is 0 Å². The Balaban J connectivity index is 2.63. The first kappa shape index (κ1) is 11.2. The van der Waals surface area contributed by atoms with Crippen LogP contribution in [0.1, 0.15) is 49.4 Å². The minimum absolute atomic E-state index is 0.421. The van der Waals surface area contributed by atoms with E-state index in [0.29, 0.717) is 16.1 Å². The Hall–Kier alpha value is -0.270. The van der Waals surface area contributed by atoms with E-state index in [9.17, 15) is 0 Å². The lowest BCUT2D eigenvalue weighted by atomic mass is 9.88. The molecule has 0 N–H and O–H groups in total. The lowest BCUT2D eigenvalue weighted by Crippen LogP contribution is -2.11. The first-order valence-corrected chi connectivity index (χ1v) is 6.23. The van der Waals surface area contributed by atoms with Crippen molar-refractivity contribution in [3.05, 3.63) is 27.0 Å². The third-order valence-electron chi connectivity index (χ3n) is 2.99. The van der Waals surface area contributed by atoms with Crippen LogP contribution in [0.3, 0.4) is 0 Å². The molecule has 3 heteroatoms. The molecule has 0 amide bonds. The minimum atomic E-state index is 0.421. The summed E-state index contributed by atoms with van der Waals surface area (Å²) < 4.78 is 0. The molecule has 1 aromatic rings. The molecule has 15 heavy (non-hydrogen) atoms. The van der Waals surface area contributed by atoms with Crippen molar-refractivity contribution in [3.8, 4) is 0 Å². The first-order valence-electron chi connectivity index (χ1n) is 5.48. The molecule has 0 radical (unpaired) electrons. The van der Waals surface area contributed by atoms with E-state index in [-0.39, 0.29) is 0 Å². The van der Waals surface area contributed by atoms with Crippen molar-refractivity contribution in [2.24, 2.45) is 0 Å². The lowest BCUT2D eigenvalue weighted by molar-refractivity contribution is 0.653. The molecule has 0 aliphatic heterocycles. The molecule has 0 aromatic carbocycles. The molecule has 1 heterocycles. The summed E-state index contributed by atoms with van der Waals surface area (Å²) in [5.41, 5.74) is 3.73. The number of hydrogen-bond acceptors (Lipinski definition) is 1. The smallest absolute Gasteiger partial charge is 0.148 e. The van der Waals surface area contributed by atoms with E-state index < -0.39 is 0 Å². The van der Waals surface area contributed by atoms with Gasteiger partial charge in [0.15, 0.2) is 0 Å². The highest BCUT2D eigenvalue weighted by molar-refractivity contribution is 6.41. The highest BCUT2D eigenvalue weighted by atomic mass is 35.5. The summed E-state index contributed by atoms with van der Waals surface area (Å²) in [7, 11) is 0. The molecule has 1 aliphatic carbocycles. The predicted molar refractivity (Wildman–Crippen MR) is 65.0 cm³/mol. The SMILES string of the molecule is CC(C)c1c(Cl)c(Cl)nc2c1CCCC2. The summed E-state index contributed by atoms with van der Waals surface area (Å²) in [6.07, 6.45) is 4.61. The second-order valence-corrected chi connectivity index (χ2v) is 5.15. The van der Waals surface area contributed by atoms with Crippen LogP contribution in [0.2, 0.25) is 10.2 Å². The summed E-state index contributed by atoms with van der Waals surface area (Å²) >= 11 is 12.3. The molecule has 0 spiro atoms. The topological polar surface area (TPSA) is 12.9 Å². The number of aryl methyl sites for hydroxylation is 1.